The lowest BCUT2D eigenvalue weighted by molar-refractivity contribution is -0.137. The maximum Gasteiger partial charge on any atom is 0.417 e. The number of benzene rings is 2. The summed E-state index contributed by atoms with van der Waals surface area (Å²) in [5.41, 5.74) is -2.68. The fourth-order valence-corrected chi connectivity index (χ4v) is 2.37. The Morgan fingerprint density at radius 3 is 2.07 bits per heavy atom. The third-order valence-corrected chi connectivity index (χ3v) is 3.52. The summed E-state index contributed by atoms with van der Waals surface area (Å²) in [4.78, 5) is 0.531. The molecule has 0 saturated carbocycles. The Morgan fingerprint density at radius 2 is 1.56 bits per heavy atom. The summed E-state index contributed by atoms with van der Waals surface area (Å²) in [6.45, 7) is -2.25. The van der Waals surface area contributed by atoms with E-state index in [0.717, 1.165) is 18.2 Å². The molecule has 0 aliphatic heterocycles. The van der Waals surface area contributed by atoms with Gasteiger partial charge in [-0.1, -0.05) is 6.07 Å². The predicted octanol–water partition coefficient (Wildman–Crippen LogP) is 5.42. The zero-order chi connectivity index (χ0) is 20.4. The van der Waals surface area contributed by atoms with Gasteiger partial charge in [-0.2, -0.15) is 31.6 Å². The van der Waals surface area contributed by atoms with Crippen LogP contribution in [0.1, 0.15) is 16.7 Å². The van der Waals surface area contributed by atoms with Gasteiger partial charge in [0, 0.05) is 12.2 Å². The van der Waals surface area contributed by atoms with E-state index >= 15 is 0 Å². The van der Waals surface area contributed by atoms with Crippen LogP contribution in [-0.4, -0.2) is 12.7 Å². The molecule has 0 aromatic heterocycles. The molecule has 0 aliphatic rings. The van der Waals surface area contributed by atoms with E-state index in [1.165, 1.54) is 6.07 Å². The highest BCUT2D eigenvalue weighted by Gasteiger charge is 2.36. The molecule has 0 spiro atoms. The Balaban J connectivity index is 2.48. The first-order chi connectivity index (χ1) is 12.4. The fourth-order valence-electron chi connectivity index (χ4n) is 2.37. The maximum absolute atomic E-state index is 13.3. The topological polar surface area (TPSA) is 27.0 Å². The van der Waals surface area contributed by atoms with Crippen LogP contribution in [0.25, 0.3) is 0 Å². The number of hydrogen-bond acceptors (Lipinski definition) is 2. The molecule has 10 heteroatoms. The van der Waals surface area contributed by atoms with Crippen molar-refractivity contribution in [2.24, 2.45) is 0 Å². The van der Waals surface area contributed by atoms with Gasteiger partial charge in [0.15, 0.2) is 11.6 Å². The second kappa shape index (κ2) is 7.42. The van der Waals surface area contributed by atoms with E-state index in [2.05, 4.69) is 0 Å². The quantitative estimate of drug-likeness (QED) is 0.648. The molecule has 27 heavy (non-hydrogen) atoms. The van der Waals surface area contributed by atoms with E-state index in [-0.39, 0.29) is 5.56 Å². The summed E-state index contributed by atoms with van der Waals surface area (Å²) in [6.07, 6.45) is -9.72. The highest BCUT2D eigenvalue weighted by atomic mass is 19.4. The van der Waals surface area contributed by atoms with Crippen molar-refractivity contribution < 1.29 is 35.1 Å². The molecular formula is C17H10F8N2. The first-order valence-corrected chi connectivity index (χ1v) is 7.27. The van der Waals surface area contributed by atoms with Crippen LogP contribution in [0.4, 0.5) is 40.8 Å². The second-order valence-electron chi connectivity index (χ2n) is 5.56. The molecule has 2 aromatic carbocycles. The van der Waals surface area contributed by atoms with Crippen LogP contribution in [0.5, 0.6) is 0 Å². The van der Waals surface area contributed by atoms with Crippen LogP contribution >= 0.6 is 0 Å². The first kappa shape index (κ1) is 20.5. The predicted molar refractivity (Wildman–Crippen MR) is 79.6 cm³/mol. The largest absolute Gasteiger partial charge is 0.417 e. The Bertz CT molecular complexity index is 865. The molecule has 0 heterocycles. The Kier molecular flexibility index (Phi) is 5.63. The maximum atomic E-state index is 13.3. The number of hydrogen-bond donors (Lipinski definition) is 0. The first-order valence-electron chi connectivity index (χ1n) is 7.27. The number of alkyl halides is 6. The minimum absolute atomic E-state index is 0.0731. The average Bonchev–Trinajstić information content (AvgIpc) is 2.55. The number of halogens is 8. The normalized spacial score (nSPS) is 12.0. The summed E-state index contributed by atoms with van der Waals surface area (Å²) in [5.74, 6) is -2.51. The van der Waals surface area contributed by atoms with Crippen LogP contribution in [0.15, 0.2) is 36.4 Å². The van der Waals surface area contributed by atoms with Gasteiger partial charge in [-0.15, -0.1) is 0 Å². The number of nitriles is 1. The summed E-state index contributed by atoms with van der Waals surface area (Å²) in [7, 11) is 0. The van der Waals surface area contributed by atoms with Crippen molar-refractivity contribution in [1.82, 2.24) is 0 Å². The molecule has 0 unspecified atom stereocenters. The molecule has 0 fully saturated rings. The smallest absolute Gasteiger partial charge is 0.358 e. The van der Waals surface area contributed by atoms with E-state index in [1.807, 2.05) is 0 Å². The number of nitrogens with zero attached hydrogens (tertiary/aromatic N) is 2. The molecule has 0 aliphatic carbocycles. The summed E-state index contributed by atoms with van der Waals surface area (Å²) in [6, 6.07) is 5.82. The third-order valence-electron chi connectivity index (χ3n) is 3.52. The Morgan fingerprint density at radius 1 is 0.889 bits per heavy atom. The molecule has 0 radical (unpaired) electrons. The van der Waals surface area contributed by atoms with Crippen LogP contribution in [0.2, 0.25) is 0 Å². The van der Waals surface area contributed by atoms with Crippen molar-refractivity contribution in [2.75, 3.05) is 11.4 Å². The fraction of sp³-hybridized carbons (Fsp3) is 0.235. The lowest BCUT2D eigenvalue weighted by Crippen LogP contribution is -2.34. The van der Waals surface area contributed by atoms with Crippen molar-refractivity contribution in [2.45, 2.75) is 18.9 Å². The van der Waals surface area contributed by atoms with E-state index in [1.54, 1.807) is 0 Å². The molecule has 0 atom stereocenters. The number of rotatable bonds is 4. The standard InChI is InChI=1S/C17H10F8N2/c18-14-4-1-10(5-15(14)19)8-27(9-16(20,21)22)12-3-2-11(7-26)13(6-12)17(23,24)25/h1-6H,8-9H2. The van der Waals surface area contributed by atoms with Gasteiger partial charge in [0.2, 0.25) is 0 Å². The average molecular weight is 394 g/mol. The van der Waals surface area contributed by atoms with Crippen molar-refractivity contribution in [3.63, 3.8) is 0 Å². The van der Waals surface area contributed by atoms with Crippen molar-refractivity contribution in [3.8, 4) is 6.07 Å². The summed E-state index contributed by atoms with van der Waals surface area (Å²) in [5, 5.41) is 8.77. The molecular weight excluding hydrogens is 384 g/mol. The third kappa shape index (κ3) is 5.32. The minimum atomic E-state index is -4.95. The zero-order valence-corrected chi connectivity index (χ0v) is 13.3. The number of anilines is 1. The molecule has 0 bridgehead atoms. The zero-order valence-electron chi connectivity index (χ0n) is 13.3. The highest BCUT2D eigenvalue weighted by molar-refractivity contribution is 5.55. The van der Waals surface area contributed by atoms with E-state index in [9.17, 15) is 35.1 Å². The molecule has 2 nitrogen and oxygen atoms in total. The molecule has 0 N–H and O–H groups in total. The highest BCUT2D eigenvalue weighted by Crippen LogP contribution is 2.35. The summed E-state index contributed by atoms with van der Waals surface area (Å²) >= 11 is 0. The van der Waals surface area contributed by atoms with Gasteiger partial charge in [-0.3, -0.25) is 0 Å². The van der Waals surface area contributed by atoms with Gasteiger partial charge in [-0.25, -0.2) is 8.78 Å². The van der Waals surface area contributed by atoms with Crippen LogP contribution in [0, 0.1) is 23.0 Å². The molecule has 2 aromatic rings. The Hall–Kier alpha value is -2.83. The molecule has 144 valence electrons. The van der Waals surface area contributed by atoms with Gasteiger partial charge >= 0.3 is 12.4 Å². The minimum Gasteiger partial charge on any atom is -0.358 e. The Labute approximate surface area is 148 Å². The van der Waals surface area contributed by atoms with Crippen molar-refractivity contribution in [1.29, 1.82) is 5.26 Å². The van der Waals surface area contributed by atoms with Gasteiger partial charge in [0.1, 0.15) is 6.54 Å². The van der Waals surface area contributed by atoms with E-state index in [4.69, 9.17) is 5.26 Å². The lowest BCUT2D eigenvalue weighted by atomic mass is 10.1. The van der Waals surface area contributed by atoms with Crippen LogP contribution in [0.3, 0.4) is 0 Å². The molecule has 0 amide bonds. The van der Waals surface area contributed by atoms with Gasteiger partial charge in [-0.05, 0) is 35.9 Å². The second-order valence-corrected chi connectivity index (χ2v) is 5.56. The van der Waals surface area contributed by atoms with Gasteiger partial charge in [0.05, 0.1) is 17.2 Å². The van der Waals surface area contributed by atoms with Crippen LogP contribution in [-0.2, 0) is 12.7 Å². The van der Waals surface area contributed by atoms with Crippen molar-refractivity contribution >= 4 is 5.69 Å². The van der Waals surface area contributed by atoms with Crippen LogP contribution < -0.4 is 4.90 Å². The van der Waals surface area contributed by atoms with E-state index in [0.29, 0.717) is 23.1 Å². The monoisotopic (exact) mass is 394 g/mol. The SMILES string of the molecule is N#Cc1ccc(N(Cc2ccc(F)c(F)c2)CC(F)(F)F)cc1C(F)(F)F. The molecule has 0 saturated heterocycles. The lowest BCUT2D eigenvalue weighted by Gasteiger charge is -2.27. The van der Waals surface area contributed by atoms with Gasteiger partial charge in [0.25, 0.3) is 0 Å². The van der Waals surface area contributed by atoms with Gasteiger partial charge < -0.3 is 4.90 Å². The van der Waals surface area contributed by atoms with E-state index < -0.39 is 53.9 Å². The summed E-state index contributed by atoms with van der Waals surface area (Å²) < 4.78 is 104. The van der Waals surface area contributed by atoms with Crippen molar-refractivity contribution in [3.05, 3.63) is 64.7 Å². The molecule has 2 rings (SSSR count).